The summed E-state index contributed by atoms with van der Waals surface area (Å²) in [6, 6.07) is 4.49. The summed E-state index contributed by atoms with van der Waals surface area (Å²) in [5.41, 5.74) is 0.548. The lowest BCUT2D eigenvalue weighted by Crippen LogP contribution is -2.46. The fraction of sp³-hybridized carbons (Fsp3) is 0.467. The molecule has 0 bridgehead atoms. The van der Waals surface area contributed by atoms with Crippen LogP contribution in [0.4, 0.5) is 5.69 Å². The van der Waals surface area contributed by atoms with E-state index < -0.39 is 6.04 Å². The van der Waals surface area contributed by atoms with E-state index in [1.54, 1.807) is 18.2 Å². The largest absolute Gasteiger partial charge is 0.497 e. The average Bonchev–Trinajstić information content (AvgIpc) is 2.43. The van der Waals surface area contributed by atoms with Crippen LogP contribution in [0.2, 0.25) is 0 Å². The van der Waals surface area contributed by atoms with E-state index in [4.69, 9.17) is 9.47 Å². The first kappa shape index (κ1) is 16.8. The van der Waals surface area contributed by atoms with Gasteiger partial charge in [0.25, 0.3) is 0 Å². The monoisotopic (exact) mass is 294 g/mol. The highest BCUT2D eigenvalue weighted by Crippen LogP contribution is 2.26. The van der Waals surface area contributed by atoms with Crippen molar-refractivity contribution in [3.05, 3.63) is 18.2 Å². The molecule has 6 nitrogen and oxygen atoms in total. The van der Waals surface area contributed by atoms with E-state index in [9.17, 15) is 9.59 Å². The molecule has 21 heavy (non-hydrogen) atoms. The van der Waals surface area contributed by atoms with Crippen LogP contribution in [0.15, 0.2) is 18.2 Å². The molecule has 0 unspecified atom stereocenters. The molecule has 2 N–H and O–H groups in total. The Hall–Kier alpha value is -2.24. The summed E-state index contributed by atoms with van der Waals surface area (Å²) in [7, 11) is 3.07. The predicted octanol–water partition coefficient (Wildman–Crippen LogP) is 1.80. The van der Waals surface area contributed by atoms with E-state index in [1.165, 1.54) is 21.1 Å². The van der Waals surface area contributed by atoms with Gasteiger partial charge in [-0.2, -0.15) is 0 Å². The molecule has 0 aliphatic rings. The standard InChI is InChI=1S/C15H22N2O4/c1-9(2)14(16-10(3)18)15(19)17-11-6-12(20-4)8-13(7-11)21-5/h6-9,14H,1-5H3,(H,16,18)(H,17,19)/t14-/m1/s1. The molecule has 2 amide bonds. The number of nitrogens with one attached hydrogen (secondary N) is 2. The van der Waals surface area contributed by atoms with Gasteiger partial charge < -0.3 is 20.1 Å². The predicted molar refractivity (Wildman–Crippen MR) is 80.6 cm³/mol. The molecule has 0 spiro atoms. The molecule has 0 saturated heterocycles. The van der Waals surface area contributed by atoms with Gasteiger partial charge in [0.05, 0.1) is 14.2 Å². The van der Waals surface area contributed by atoms with Crippen LogP contribution in [0, 0.1) is 5.92 Å². The van der Waals surface area contributed by atoms with E-state index >= 15 is 0 Å². The van der Waals surface area contributed by atoms with Gasteiger partial charge in [-0.3, -0.25) is 9.59 Å². The van der Waals surface area contributed by atoms with Crippen LogP contribution in [-0.4, -0.2) is 32.1 Å². The van der Waals surface area contributed by atoms with Crippen LogP contribution in [0.5, 0.6) is 11.5 Å². The maximum absolute atomic E-state index is 12.3. The van der Waals surface area contributed by atoms with Crippen molar-refractivity contribution in [2.24, 2.45) is 5.92 Å². The molecule has 0 aromatic heterocycles. The molecule has 1 aromatic rings. The van der Waals surface area contributed by atoms with Crippen LogP contribution >= 0.6 is 0 Å². The van der Waals surface area contributed by atoms with Gasteiger partial charge in [-0.05, 0) is 5.92 Å². The average molecular weight is 294 g/mol. The Balaban J connectivity index is 2.92. The SMILES string of the molecule is COc1cc(NC(=O)[C@H](NC(C)=O)C(C)C)cc(OC)c1. The quantitative estimate of drug-likeness (QED) is 0.839. The number of rotatable bonds is 6. The van der Waals surface area contributed by atoms with Crippen molar-refractivity contribution in [2.45, 2.75) is 26.8 Å². The number of benzene rings is 1. The molecule has 0 heterocycles. The van der Waals surface area contributed by atoms with Crippen molar-refractivity contribution in [3.8, 4) is 11.5 Å². The fourth-order valence-corrected chi connectivity index (χ4v) is 1.85. The van der Waals surface area contributed by atoms with Gasteiger partial charge in [0.1, 0.15) is 17.5 Å². The molecule has 116 valence electrons. The van der Waals surface area contributed by atoms with Gasteiger partial charge in [-0.1, -0.05) is 13.8 Å². The Morgan fingerprint density at radius 1 is 1.05 bits per heavy atom. The summed E-state index contributed by atoms with van der Waals surface area (Å²) >= 11 is 0. The van der Waals surface area contributed by atoms with E-state index in [1.807, 2.05) is 13.8 Å². The highest BCUT2D eigenvalue weighted by atomic mass is 16.5. The second kappa shape index (κ2) is 7.52. The zero-order valence-corrected chi connectivity index (χ0v) is 13.0. The van der Waals surface area contributed by atoms with Crippen molar-refractivity contribution in [3.63, 3.8) is 0 Å². The Labute approximate surface area is 124 Å². The molecule has 0 aliphatic heterocycles. The Kier molecular flexibility index (Phi) is 6.02. The number of hydrogen-bond donors (Lipinski definition) is 2. The van der Waals surface area contributed by atoms with Crippen LogP contribution < -0.4 is 20.1 Å². The highest BCUT2D eigenvalue weighted by Gasteiger charge is 2.23. The molecule has 1 atom stereocenters. The Morgan fingerprint density at radius 3 is 1.95 bits per heavy atom. The molecule has 6 heteroatoms. The van der Waals surface area contributed by atoms with Gasteiger partial charge >= 0.3 is 0 Å². The summed E-state index contributed by atoms with van der Waals surface area (Å²) < 4.78 is 10.3. The highest BCUT2D eigenvalue weighted by molar-refractivity contribution is 5.97. The maximum atomic E-state index is 12.3. The maximum Gasteiger partial charge on any atom is 0.247 e. The number of ether oxygens (including phenoxy) is 2. The normalized spacial score (nSPS) is 11.7. The van der Waals surface area contributed by atoms with Gasteiger partial charge in [-0.15, -0.1) is 0 Å². The third-order valence-corrected chi connectivity index (χ3v) is 2.93. The number of amides is 2. The van der Waals surface area contributed by atoms with Crippen molar-refractivity contribution in [2.75, 3.05) is 19.5 Å². The van der Waals surface area contributed by atoms with Crippen molar-refractivity contribution in [1.29, 1.82) is 0 Å². The second-order valence-corrected chi connectivity index (χ2v) is 5.01. The first-order valence-corrected chi connectivity index (χ1v) is 6.68. The first-order valence-electron chi connectivity index (χ1n) is 6.68. The molecule has 1 aromatic carbocycles. The minimum absolute atomic E-state index is 0.0265. The first-order chi connectivity index (χ1) is 9.87. The minimum atomic E-state index is -0.598. The summed E-state index contributed by atoms with van der Waals surface area (Å²) in [6.07, 6.45) is 0. The molecule has 0 radical (unpaired) electrons. The van der Waals surface area contributed by atoms with Crippen molar-refractivity contribution in [1.82, 2.24) is 5.32 Å². The fourth-order valence-electron chi connectivity index (χ4n) is 1.85. The second-order valence-electron chi connectivity index (χ2n) is 5.01. The smallest absolute Gasteiger partial charge is 0.247 e. The van der Waals surface area contributed by atoms with Gasteiger partial charge in [-0.25, -0.2) is 0 Å². The Bertz CT molecular complexity index is 492. The number of methoxy groups -OCH3 is 2. The lowest BCUT2D eigenvalue weighted by atomic mass is 10.0. The third kappa shape index (κ3) is 4.98. The molecular formula is C15H22N2O4. The van der Waals surface area contributed by atoms with Crippen LogP contribution in [0.1, 0.15) is 20.8 Å². The summed E-state index contributed by atoms with van der Waals surface area (Å²) in [4.78, 5) is 23.5. The van der Waals surface area contributed by atoms with E-state index in [-0.39, 0.29) is 17.7 Å². The van der Waals surface area contributed by atoms with Crippen LogP contribution in [-0.2, 0) is 9.59 Å². The lowest BCUT2D eigenvalue weighted by molar-refractivity contribution is -0.126. The van der Waals surface area contributed by atoms with Crippen LogP contribution in [0.25, 0.3) is 0 Å². The topological polar surface area (TPSA) is 76.7 Å². The third-order valence-electron chi connectivity index (χ3n) is 2.93. The Morgan fingerprint density at radius 2 is 1.57 bits per heavy atom. The summed E-state index contributed by atoms with van der Waals surface area (Å²) in [5, 5.41) is 5.41. The zero-order chi connectivity index (χ0) is 16.0. The number of carbonyl (C=O) groups excluding carboxylic acids is 2. The molecule has 1 rings (SSSR count). The minimum Gasteiger partial charge on any atom is -0.497 e. The zero-order valence-electron chi connectivity index (χ0n) is 13.0. The summed E-state index contributed by atoms with van der Waals surface area (Å²) in [6.45, 7) is 5.12. The van der Waals surface area contributed by atoms with E-state index in [0.717, 1.165) is 0 Å². The van der Waals surface area contributed by atoms with Gasteiger partial charge in [0.15, 0.2) is 0 Å². The lowest BCUT2D eigenvalue weighted by Gasteiger charge is -2.21. The van der Waals surface area contributed by atoms with E-state index in [0.29, 0.717) is 17.2 Å². The molecule has 0 fully saturated rings. The number of anilines is 1. The van der Waals surface area contributed by atoms with Crippen LogP contribution in [0.3, 0.4) is 0 Å². The summed E-state index contributed by atoms with van der Waals surface area (Å²) in [5.74, 6) is 0.597. The van der Waals surface area contributed by atoms with Gasteiger partial charge in [0.2, 0.25) is 11.8 Å². The molecule has 0 saturated carbocycles. The van der Waals surface area contributed by atoms with Gasteiger partial charge in [0, 0.05) is 30.8 Å². The molecule has 0 aliphatic carbocycles. The number of carbonyl (C=O) groups is 2. The molecular weight excluding hydrogens is 272 g/mol. The van der Waals surface area contributed by atoms with E-state index in [2.05, 4.69) is 10.6 Å². The van der Waals surface area contributed by atoms with Crippen molar-refractivity contribution < 1.29 is 19.1 Å². The van der Waals surface area contributed by atoms with Crippen molar-refractivity contribution >= 4 is 17.5 Å². The number of hydrogen-bond acceptors (Lipinski definition) is 4.